The van der Waals surface area contributed by atoms with Crippen molar-refractivity contribution in [1.29, 1.82) is 0 Å². The molecule has 0 fully saturated rings. The predicted molar refractivity (Wildman–Crippen MR) is 133 cm³/mol. The molecule has 1 unspecified atom stereocenters. The van der Waals surface area contributed by atoms with E-state index in [1.165, 1.54) is 17.5 Å². The molecule has 1 atom stereocenters. The Hall–Kier alpha value is -2.97. The Morgan fingerprint density at radius 1 is 1.09 bits per heavy atom. The lowest BCUT2D eigenvalue weighted by Crippen LogP contribution is -2.28. The van der Waals surface area contributed by atoms with Crippen LogP contribution in [0.3, 0.4) is 0 Å². The molecular weight excluding hydrogens is 458 g/mol. The second-order valence-electron chi connectivity index (χ2n) is 7.69. The first-order valence-corrected chi connectivity index (χ1v) is 11.8. The third kappa shape index (κ3) is 5.89. The normalized spacial score (nSPS) is 12.1. The standard InChI is InChI=1S/C25H24ClN3O3S/c26-18-8-6-16(7-9-18)13-28-24(32)21-15-29-25-20(23(21)31)12-19(33-25)14-27-11-10-22(30)17-4-2-1-3-5-17/h1-9,12,15,22,27,30H,10-11,13-14H2,(H,28,32)(H,29,31). The Balaban J connectivity index is 1.34. The number of benzene rings is 2. The monoisotopic (exact) mass is 481 g/mol. The summed E-state index contributed by atoms with van der Waals surface area (Å²) in [6, 6.07) is 18.5. The van der Waals surface area contributed by atoms with Gasteiger partial charge in [-0.25, -0.2) is 0 Å². The Labute approximate surface area is 200 Å². The fourth-order valence-corrected chi connectivity index (χ4v) is 4.61. The number of aliphatic hydroxyl groups is 1. The minimum Gasteiger partial charge on any atom is -0.388 e. The van der Waals surface area contributed by atoms with Gasteiger partial charge in [0.05, 0.1) is 11.5 Å². The number of aliphatic hydroxyl groups excluding tert-OH is 1. The number of aromatic amines is 1. The second kappa shape index (κ2) is 10.8. The quantitative estimate of drug-likeness (QED) is 0.267. The number of amides is 1. The number of H-pyrrole nitrogens is 1. The number of carbonyl (C=O) groups is 1. The number of thiophene rings is 1. The van der Waals surface area contributed by atoms with Gasteiger partial charge in [-0.1, -0.05) is 54.1 Å². The molecule has 0 aliphatic heterocycles. The van der Waals surface area contributed by atoms with Gasteiger partial charge in [0.2, 0.25) is 5.43 Å². The number of hydrogen-bond acceptors (Lipinski definition) is 5. The van der Waals surface area contributed by atoms with Crippen LogP contribution in [0.15, 0.2) is 71.7 Å². The number of rotatable bonds is 9. The second-order valence-corrected chi connectivity index (χ2v) is 9.26. The van der Waals surface area contributed by atoms with E-state index < -0.39 is 12.0 Å². The first-order valence-electron chi connectivity index (χ1n) is 10.6. The van der Waals surface area contributed by atoms with Crippen LogP contribution in [0.1, 0.15) is 38.9 Å². The lowest BCUT2D eigenvalue weighted by molar-refractivity contribution is 0.0949. The topological polar surface area (TPSA) is 94.2 Å². The molecule has 0 bridgehead atoms. The van der Waals surface area contributed by atoms with Gasteiger partial charge in [0.25, 0.3) is 5.91 Å². The van der Waals surface area contributed by atoms with Crippen molar-refractivity contribution < 1.29 is 9.90 Å². The Bertz CT molecular complexity index is 1290. The molecule has 0 saturated heterocycles. The van der Waals surface area contributed by atoms with Crippen molar-refractivity contribution in [1.82, 2.24) is 15.6 Å². The summed E-state index contributed by atoms with van der Waals surface area (Å²) in [5.74, 6) is -0.422. The molecule has 2 heterocycles. The Morgan fingerprint density at radius 3 is 2.61 bits per heavy atom. The lowest BCUT2D eigenvalue weighted by atomic mass is 10.1. The molecule has 6 nitrogen and oxygen atoms in total. The predicted octanol–water partition coefficient (Wildman–Crippen LogP) is 4.39. The zero-order valence-electron chi connectivity index (χ0n) is 17.8. The molecule has 2 aromatic carbocycles. The van der Waals surface area contributed by atoms with Crippen LogP contribution in [0.5, 0.6) is 0 Å². The highest BCUT2D eigenvalue weighted by atomic mass is 35.5. The Kier molecular flexibility index (Phi) is 7.57. The van der Waals surface area contributed by atoms with Crippen LogP contribution in [-0.2, 0) is 13.1 Å². The molecule has 1 amide bonds. The molecule has 8 heteroatoms. The maximum absolute atomic E-state index is 12.9. The molecule has 170 valence electrons. The summed E-state index contributed by atoms with van der Waals surface area (Å²) in [5.41, 5.74) is 1.58. The molecular formula is C25H24ClN3O3S. The van der Waals surface area contributed by atoms with E-state index in [4.69, 9.17) is 11.6 Å². The SMILES string of the molecule is O=C(NCc1ccc(Cl)cc1)c1c[nH]c2sc(CNCCC(O)c3ccccc3)cc2c1=O. The van der Waals surface area contributed by atoms with Gasteiger partial charge in [-0.2, -0.15) is 0 Å². The third-order valence-electron chi connectivity index (χ3n) is 5.31. The van der Waals surface area contributed by atoms with Crippen molar-refractivity contribution >= 4 is 39.1 Å². The number of halogens is 1. The summed E-state index contributed by atoms with van der Waals surface area (Å²) in [4.78, 5) is 30.2. The van der Waals surface area contributed by atoms with Gasteiger partial charge in [0, 0.05) is 29.2 Å². The number of pyridine rings is 1. The van der Waals surface area contributed by atoms with Gasteiger partial charge < -0.3 is 20.7 Å². The summed E-state index contributed by atoms with van der Waals surface area (Å²) in [6.07, 6.45) is 1.54. The van der Waals surface area contributed by atoms with Crippen molar-refractivity contribution in [3.8, 4) is 0 Å². The molecule has 4 aromatic rings. The lowest BCUT2D eigenvalue weighted by Gasteiger charge is -2.11. The highest BCUT2D eigenvalue weighted by Gasteiger charge is 2.15. The number of aromatic nitrogens is 1. The molecule has 33 heavy (non-hydrogen) atoms. The minimum absolute atomic E-state index is 0.0831. The Morgan fingerprint density at radius 2 is 1.85 bits per heavy atom. The average molecular weight is 482 g/mol. The van der Waals surface area contributed by atoms with Crippen LogP contribution in [0, 0.1) is 0 Å². The first kappa shape index (κ1) is 23.2. The first-order chi connectivity index (χ1) is 16.0. The van der Waals surface area contributed by atoms with E-state index in [-0.39, 0.29) is 11.0 Å². The summed E-state index contributed by atoms with van der Waals surface area (Å²) in [7, 11) is 0. The number of nitrogens with one attached hydrogen (secondary N) is 3. The summed E-state index contributed by atoms with van der Waals surface area (Å²) < 4.78 is 0. The maximum atomic E-state index is 12.9. The van der Waals surface area contributed by atoms with Gasteiger partial charge in [-0.15, -0.1) is 11.3 Å². The van der Waals surface area contributed by atoms with Crippen LogP contribution in [0.25, 0.3) is 10.2 Å². The zero-order valence-corrected chi connectivity index (χ0v) is 19.4. The molecule has 0 aliphatic carbocycles. The molecule has 2 aromatic heterocycles. The summed E-state index contributed by atoms with van der Waals surface area (Å²) in [6.45, 7) is 1.52. The minimum atomic E-state index is -0.517. The summed E-state index contributed by atoms with van der Waals surface area (Å²) >= 11 is 7.35. The van der Waals surface area contributed by atoms with Gasteiger partial charge in [0.15, 0.2) is 0 Å². The van der Waals surface area contributed by atoms with Crippen LogP contribution in [0.4, 0.5) is 0 Å². The fourth-order valence-electron chi connectivity index (χ4n) is 3.49. The van der Waals surface area contributed by atoms with Gasteiger partial charge in [-0.3, -0.25) is 9.59 Å². The van der Waals surface area contributed by atoms with Gasteiger partial charge >= 0.3 is 0 Å². The van der Waals surface area contributed by atoms with Crippen molar-refractivity contribution in [3.05, 3.63) is 104 Å². The maximum Gasteiger partial charge on any atom is 0.257 e. The zero-order chi connectivity index (χ0) is 23.2. The van der Waals surface area contributed by atoms with E-state index in [0.717, 1.165) is 20.8 Å². The number of fused-ring (bicyclic) bond motifs is 1. The van der Waals surface area contributed by atoms with Crippen LogP contribution < -0.4 is 16.1 Å². The van der Waals surface area contributed by atoms with Crippen molar-refractivity contribution in [2.75, 3.05) is 6.54 Å². The molecule has 4 rings (SSSR count). The van der Waals surface area contributed by atoms with Crippen LogP contribution >= 0.6 is 22.9 Å². The molecule has 0 radical (unpaired) electrons. The van der Waals surface area contributed by atoms with E-state index in [1.54, 1.807) is 12.1 Å². The van der Waals surface area contributed by atoms with Crippen LogP contribution in [-0.4, -0.2) is 22.5 Å². The molecule has 4 N–H and O–H groups in total. The molecule has 0 spiro atoms. The summed E-state index contributed by atoms with van der Waals surface area (Å²) in [5, 5.41) is 17.5. The van der Waals surface area contributed by atoms with E-state index in [9.17, 15) is 14.7 Å². The third-order valence-corrected chi connectivity index (χ3v) is 6.63. The number of hydrogen-bond donors (Lipinski definition) is 4. The van der Waals surface area contributed by atoms with E-state index >= 15 is 0 Å². The smallest absolute Gasteiger partial charge is 0.257 e. The van der Waals surface area contributed by atoms with E-state index in [2.05, 4.69) is 15.6 Å². The molecule has 0 saturated carbocycles. The van der Waals surface area contributed by atoms with Crippen molar-refractivity contribution in [3.63, 3.8) is 0 Å². The van der Waals surface area contributed by atoms with E-state index in [0.29, 0.717) is 36.5 Å². The van der Waals surface area contributed by atoms with Crippen LogP contribution in [0.2, 0.25) is 5.02 Å². The number of carbonyl (C=O) groups excluding carboxylic acids is 1. The van der Waals surface area contributed by atoms with Crippen molar-refractivity contribution in [2.45, 2.75) is 25.6 Å². The van der Waals surface area contributed by atoms with Gasteiger partial charge in [-0.05, 0) is 42.3 Å². The van der Waals surface area contributed by atoms with E-state index in [1.807, 2.05) is 48.5 Å². The van der Waals surface area contributed by atoms with Crippen molar-refractivity contribution in [2.24, 2.45) is 0 Å². The molecule has 0 aliphatic rings. The highest BCUT2D eigenvalue weighted by Crippen LogP contribution is 2.22. The average Bonchev–Trinajstić information content (AvgIpc) is 3.26. The highest BCUT2D eigenvalue weighted by molar-refractivity contribution is 7.18. The largest absolute Gasteiger partial charge is 0.388 e. The van der Waals surface area contributed by atoms with Gasteiger partial charge in [0.1, 0.15) is 10.4 Å². The fraction of sp³-hybridized carbons (Fsp3) is 0.200.